The molecule has 0 aliphatic rings. The van der Waals surface area contributed by atoms with Crippen molar-refractivity contribution in [2.75, 3.05) is 0 Å². The van der Waals surface area contributed by atoms with Gasteiger partial charge in [-0.25, -0.2) is 4.98 Å². The van der Waals surface area contributed by atoms with E-state index in [1.165, 1.54) is 49.2 Å². The van der Waals surface area contributed by atoms with Crippen molar-refractivity contribution in [3.63, 3.8) is 0 Å². The van der Waals surface area contributed by atoms with E-state index < -0.39 is 0 Å². The van der Waals surface area contributed by atoms with Crippen LogP contribution in [0, 0.1) is 20.8 Å². The molecule has 246 valence electrons. The first-order chi connectivity index (χ1) is 25.5. The summed E-state index contributed by atoms with van der Waals surface area (Å²) in [6.45, 7) is 6.46. The topological polar surface area (TPSA) is 48.0 Å². The van der Waals surface area contributed by atoms with E-state index in [9.17, 15) is 0 Å². The zero-order valence-corrected chi connectivity index (χ0v) is 29.2. The summed E-state index contributed by atoms with van der Waals surface area (Å²) >= 11 is 0. The Labute approximate surface area is 301 Å². The highest BCUT2D eigenvalue weighted by molar-refractivity contribution is 6.95. The molecule has 4 aromatic heterocycles. The standard InChI is InChI=1S/C46H34BN5/c1-29-19-22-43-40(26-29)37-21-20-33(28-41(37)46-50-49-45(52(43)46)36-15-8-7-12-31(36)3)47(32-13-5-4-6-14-32)34-24-30(2)25-35(27-34)51-42-18-10-9-16-38(42)39-17-11-23-48-44(39)51/h4-28H,1-3H3. The summed E-state index contributed by atoms with van der Waals surface area (Å²) in [5.41, 5.74) is 13.5. The van der Waals surface area contributed by atoms with Gasteiger partial charge in [-0.3, -0.25) is 8.97 Å². The normalized spacial score (nSPS) is 11.8. The average molecular weight is 668 g/mol. The molecule has 5 nitrogen and oxygen atoms in total. The molecule has 0 N–H and O–H groups in total. The van der Waals surface area contributed by atoms with Gasteiger partial charge in [0.05, 0.1) is 11.0 Å². The minimum Gasteiger partial charge on any atom is -0.294 e. The van der Waals surface area contributed by atoms with Crippen molar-refractivity contribution >= 4 is 72.4 Å². The van der Waals surface area contributed by atoms with Crippen LogP contribution in [-0.4, -0.2) is 30.9 Å². The summed E-state index contributed by atoms with van der Waals surface area (Å²) in [6.07, 6.45) is 1.89. The van der Waals surface area contributed by atoms with Crippen molar-refractivity contribution in [3.8, 4) is 17.1 Å². The third kappa shape index (κ3) is 4.68. The first kappa shape index (κ1) is 30.3. The van der Waals surface area contributed by atoms with Crippen LogP contribution in [0.25, 0.3) is 66.3 Å². The lowest BCUT2D eigenvalue weighted by atomic mass is 9.36. The quantitative estimate of drug-likeness (QED) is 0.136. The molecule has 10 aromatic rings. The fraction of sp³-hybridized carbons (Fsp3) is 0.0652. The van der Waals surface area contributed by atoms with Crippen LogP contribution in [0.1, 0.15) is 16.7 Å². The third-order valence-electron chi connectivity index (χ3n) is 10.6. The molecule has 0 unspecified atom stereocenters. The van der Waals surface area contributed by atoms with Gasteiger partial charge in [0.1, 0.15) is 5.65 Å². The van der Waals surface area contributed by atoms with Gasteiger partial charge in [-0.2, -0.15) is 0 Å². The summed E-state index contributed by atoms with van der Waals surface area (Å²) in [5.74, 6) is 0.858. The highest BCUT2D eigenvalue weighted by Crippen LogP contribution is 2.34. The van der Waals surface area contributed by atoms with Crippen LogP contribution in [-0.2, 0) is 0 Å². The lowest BCUT2D eigenvalue weighted by Gasteiger charge is -2.19. The lowest BCUT2D eigenvalue weighted by molar-refractivity contribution is 1.11. The molecule has 0 saturated carbocycles. The second-order valence-corrected chi connectivity index (χ2v) is 14.0. The molecular formula is C46H34BN5. The number of nitrogens with zero attached hydrogens (tertiary/aromatic N) is 5. The zero-order valence-electron chi connectivity index (χ0n) is 29.2. The van der Waals surface area contributed by atoms with Crippen LogP contribution < -0.4 is 16.4 Å². The van der Waals surface area contributed by atoms with Gasteiger partial charge in [0, 0.05) is 39.0 Å². The molecule has 0 bridgehead atoms. The van der Waals surface area contributed by atoms with Crippen LogP contribution in [0.15, 0.2) is 152 Å². The van der Waals surface area contributed by atoms with Gasteiger partial charge in [0.2, 0.25) is 6.71 Å². The number of hydrogen-bond acceptors (Lipinski definition) is 3. The van der Waals surface area contributed by atoms with E-state index in [0.29, 0.717) is 0 Å². The second kappa shape index (κ2) is 11.8. The Morgan fingerprint density at radius 2 is 1.29 bits per heavy atom. The summed E-state index contributed by atoms with van der Waals surface area (Å²) in [6, 6.07) is 52.6. The maximum absolute atomic E-state index is 4.91. The van der Waals surface area contributed by atoms with Crippen molar-refractivity contribution in [3.05, 3.63) is 168 Å². The molecule has 10 rings (SSSR count). The molecule has 0 fully saturated rings. The molecule has 4 heterocycles. The van der Waals surface area contributed by atoms with Gasteiger partial charge in [0.15, 0.2) is 11.5 Å². The predicted octanol–water partition coefficient (Wildman–Crippen LogP) is 8.64. The molecule has 0 spiro atoms. The molecule has 6 aromatic carbocycles. The number of benzene rings is 6. The van der Waals surface area contributed by atoms with Crippen molar-refractivity contribution in [2.45, 2.75) is 20.8 Å². The Bertz CT molecular complexity index is 2960. The van der Waals surface area contributed by atoms with Crippen molar-refractivity contribution in [2.24, 2.45) is 0 Å². The van der Waals surface area contributed by atoms with E-state index in [4.69, 9.17) is 15.2 Å². The Morgan fingerprint density at radius 1 is 0.481 bits per heavy atom. The van der Waals surface area contributed by atoms with Gasteiger partial charge in [-0.05, 0) is 79.7 Å². The van der Waals surface area contributed by atoms with E-state index >= 15 is 0 Å². The number of aromatic nitrogens is 5. The third-order valence-corrected chi connectivity index (χ3v) is 10.6. The maximum atomic E-state index is 4.91. The molecule has 0 saturated heterocycles. The van der Waals surface area contributed by atoms with E-state index in [1.54, 1.807) is 0 Å². The molecule has 0 radical (unpaired) electrons. The van der Waals surface area contributed by atoms with Crippen LogP contribution >= 0.6 is 0 Å². The number of para-hydroxylation sites is 1. The van der Waals surface area contributed by atoms with E-state index in [1.807, 2.05) is 12.3 Å². The van der Waals surface area contributed by atoms with Crippen LogP contribution in [0.2, 0.25) is 0 Å². The first-order valence-electron chi connectivity index (χ1n) is 17.8. The van der Waals surface area contributed by atoms with Gasteiger partial charge >= 0.3 is 0 Å². The number of hydrogen-bond donors (Lipinski definition) is 0. The second-order valence-electron chi connectivity index (χ2n) is 14.0. The maximum Gasteiger partial charge on any atom is 0.241 e. The molecule has 0 aliphatic carbocycles. The molecule has 0 aliphatic heterocycles. The van der Waals surface area contributed by atoms with E-state index in [2.05, 4.69) is 169 Å². The fourth-order valence-electron chi connectivity index (χ4n) is 8.27. The minimum absolute atomic E-state index is 0.0303. The molecular weight excluding hydrogens is 633 g/mol. The van der Waals surface area contributed by atoms with Gasteiger partial charge < -0.3 is 0 Å². The largest absolute Gasteiger partial charge is 0.294 e. The predicted molar refractivity (Wildman–Crippen MR) is 217 cm³/mol. The Morgan fingerprint density at radius 3 is 2.17 bits per heavy atom. The van der Waals surface area contributed by atoms with Crippen molar-refractivity contribution < 1.29 is 0 Å². The first-order valence-corrected chi connectivity index (χ1v) is 17.8. The van der Waals surface area contributed by atoms with Crippen LogP contribution in [0.5, 0.6) is 0 Å². The number of fused-ring (bicyclic) bond motifs is 9. The van der Waals surface area contributed by atoms with E-state index in [-0.39, 0.29) is 6.71 Å². The fourth-order valence-corrected chi connectivity index (χ4v) is 8.27. The molecule has 0 amide bonds. The smallest absolute Gasteiger partial charge is 0.241 e. The van der Waals surface area contributed by atoms with Gasteiger partial charge in [-0.1, -0.05) is 125 Å². The van der Waals surface area contributed by atoms with Gasteiger partial charge in [-0.15, -0.1) is 10.2 Å². The summed E-state index contributed by atoms with van der Waals surface area (Å²) in [5, 5.41) is 15.6. The molecule has 6 heteroatoms. The monoisotopic (exact) mass is 667 g/mol. The Kier molecular flexibility index (Phi) is 6.87. The number of rotatable bonds is 5. The highest BCUT2D eigenvalue weighted by Gasteiger charge is 2.25. The average Bonchev–Trinajstić information content (AvgIpc) is 3.76. The van der Waals surface area contributed by atoms with Gasteiger partial charge in [0.25, 0.3) is 0 Å². The lowest BCUT2D eigenvalue weighted by Crippen LogP contribution is -2.52. The summed E-state index contributed by atoms with van der Waals surface area (Å²) < 4.78 is 4.56. The summed E-state index contributed by atoms with van der Waals surface area (Å²) in [4.78, 5) is 4.89. The molecule has 52 heavy (non-hydrogen) atoms. The van der Waals surface area contributed by atoms with Crippen LogP contribution in [0.4, 0.5) is 0 Å². The van der Waals surface area contributed by atoms with Crippen molar-refractivity contribution in [1.82, 2.24) is 24.1 Å². The highest BCUT2D eigenvalue weighted by atomic mass is 15.2. The number of pyridine rings is 2. The van der Waals surface area contributed by atoms with E-state index in [0.717, 1.165) is 50.2 Å². The zero-order chi connectivity index (χ0) is 34.9. The summed E-state index contributed by atoms with van der Waals surface area (Å²) in [7, 11) is 0. The Hall–Kier alpha value is -6.53. The minimum atomic E-state index is -0.0303. The SMILES string of the molecule is Cc1cc(B(c2ccccc2)c2ccc3c4cc(C)ccc4n4c(-c5ccccc5C)nnc4c3c2)cc(-n2c3ccccc3c3cccnc32)c1. The van der Waals surface area contributed by atoms with Crippen molar-refractivity contribution in [1.29, 1.82) is 0 Å². The van der Waals surface area contributed by atoms with Crippen LogP contribution in [0.3, 0.4) is 0 Å². The number of aryl methyl sites for hydroxylation is 3. The Balaban J connectivity index is 1.24. The molecule has 0 atom stereocenters.